The van der Waals surface area contributed by atoms with Gasteiger partial charge < -0.3 is 10.3 Å². The number of anilines is 1. The first kappa shape index (κ1) is 14.3. The summed E-state index contributed by atoms with van der Waals surface area (Å²) in [6.07, 6.45) is 1.99. The summed E-state index contributed by atoms with van der Waals surface area (Å²) in [5.41, 5.74) is 5.69. The van der Waals surface area contributed by atoms with Crippen LogP contribution in [0.25, 0.3) is 16.5 Å². The first-order chi connectivity index (χ1) is 10.7. The maximum absolute atomic E-state index is 5.05. The molecule has 7 nitrogen and oxygen atoms in total. The molecule has 0 radical (unpaired) electrons. The average Bonchev–Trinajstić information content (AvgIpc) is 2.85. The van der Waals surface area contributed by atoms with Gasteiger partial charge in [0.25, 0.3) is 0 Å². The SMILES string of the molecule is C[N-]c1nc(NOC)c2c(n1)[n+](C)cn2Cc1ccccc1. The second-order valence-electron chi connectivity index (χ2n) is 4.91. The number of aryl methyl sites for hydroxylation is 1. The molecule has 2 heterocycles. The highest BCUT2D eigenvalue weighted by Gasteiger charge is 2.19. The lowest BCUT2D eigenvalue weighted by atomic mass is 10.2. The zero-order valence-corrected chi connectivity index (χ0v) is 12.8. The Morgan fingerprint density at radius 1 is 1.27 bits per heavy atom. The Balaban J connectivity index is 2.14. The van der Waals surface area contributed by atoms with Crippen LogP contribution in [0.2, 0.25) is 0 Å². The Kier molecular flexibility index (Phi) is 3.88. The third-order valence-corrected chi connectivity index (χ3v) is 3.38. The van der Waals surface area contributed by atoms with E-state index in [9.17, 15) is 0 Å². The molecule has 0 saturated carbocycles. The summed E-state index contributed by atoms with van der Waals surface area (Å²) >= 11 is 0. The lowest BCUT2D eigenvalue weighted by molar-refractivity contribution is -0.647. The molecule has 0 aliphatic carbocycles. The Labute approximate surface area is 128 Å². The zero-order chi connectivity index (χ0) is 15.5. The van der Waals surface area contributed by atoms with E-state index in [0.29, 0.717) is 11.8 Å². The summed E-state index contributed by atoms with van der Waals surface area (Å²) in [4.78, 5) is 13.9. The third-order valence-electron chi connectivity index (χ3n) is 3.38. The lowest BCUT2D eigenvalue weighted by Gasteiger charge is -2.09. The van der Waals surface area contributed by atoms with Gasteiger partial charge in [-0.3, -0.25) is 14.9 Å². The number of fused-ring (bicyclic) bond motifs is 1. The number of nitrogens with zero attached hydrogens (tertiary/aromatic N) is 5. The molecule has 0 bridgehead atoms. The molecule has 1 aromatic carbocycles. The summed E-state index contributed by atoms with van der Waals surface area (Å²) in [6.45, 7) is 0.725. The first-order valence-corrected chi connectivity index (χ1v) is 6.92. The predicted octanol–water partition coefficient (Wildman–Crippen LogP) is 1.91. The highest BCUT2D eigenvalue weighted by atomic mass is 16.6. The number of nitrogens with one attached hydrogen (secondary N) is 1. The van der Waals surface area contributed by atoms with Gasteiger partial charge in [0.2, 0.25) is 5.52 Å². The number of rotatable bonds is 5. The van der Waals surface area contributed by atoms with Crippen molar-refractivity contribution in [3.8, 4) is 0 Å². The molecular weight excluding hydrogens is 280 g/mol. The van der Waals surface area contributed by atoms with E-state index in [1.807, 2.05) is 36.1 Å². The van der Waals surface area contributed by atoms with Crippen LogP contribution in [-0.2, 0) is 18.4 Å². The Morgan fingerprint density at radius 2 is 2.05 bits per heavy atom. The Morgan fingerprint density at radius 3 is 2.73 bits per heavy atom. The normalized spacial score (nSPS) is 10.9. The van der Waals surface area contributed by atoms with E-state index < -0.39 is 0 Å². The van der Waals surface area contributed by atoms with Crippen molar-refractivity contribution >= 4 is 22.9 Å². The van der Waals surface area contributed by atoms with Gasteiger partial charge in [0.05, 0.1) is 20.7 Å². The first-order valence-electron chi connectivity index (χ1n) is 6.92. The topological polar surface area (TPSA) is 69.9 Å². The van der Waals surface area contributed by atoms with Crippen LogP contribution >= 0.6 is 0 Å². The average molecular weight is 298 g/mol. The maximum atomic E-state index is 5.05. The fourth-order valence-corrected chi connectivity index (χ4v) is 2.43. The van der Waals surface area contributed by atoms with Gasteiger partial charge in [-0.25, -0.2) is 4.57 Å². The number of hydrogen-bond donors (Lipinski definition) is 1. The predicted molar refractivity (Wildman–Crippen MR) is 83.8 cm³/mol. The summed E-state index contributed by atoms with van der Waals surface area (Å²) in [6, 6.07) is 10.2. The minimum Gasteiger partial charge on any atom is -0.367 e. The van der Waals surface area contributed by atoms with Crippen LogP contribution in [0.5, 0.6) is 0 Å². The van der Waals surface area contributed by atoms with Crippen molar-refractivity contribution in [2.75, 3.05) is 19.6 Å². The second kappa shape index (κ2) is 5.98. The van der Waals surface area contributed by atoms with E-state index in [4.69, 9.17) is 4.84 Å². The summed E-state index contributed by atoms with van der Waals surface area (Å²) in [5.74, 6) is 1.02. The zero-order valence-electron chi connectivity index (χ0n) is 12.8. The summed E-state index contributed by atoms with van der Waals surface area (Å²) < 4.78 is 4.04. The fourth-order valence-electron chi connectivity index (χ4n) is 2.43. The molecule has 0 saturated heterocycles. The molecule has 0 spiro atoms. The number of benzene rings is 1. The molecule has 3 aromatic rings. The van der Waals surface area contributed by atoms with Crippen LogP contribution in [0.1, 0.15) is 5.56 Å². The van der Waals surface area contributed by atoms with Crippen molar-refractivity contribution in [1.82, 2.24) is 14.5 Å². The minimum absolute atomic E-state index is 0.417. The van der Waals surface area contributed by atoms with Crippen molar-refractivity contribution in [2.45, 2.75) is 6.54 Å². The van der Waals surface area contributed by atoms with Gasteiger partial charge in [-0.15, -0.1) is 0 Å². The molecule has 0 unspecified atom stereocenters. The summed E-state index contributed by atoms with van der Waals surface area (Å²) in [5, 5.41) is 4.06. The molecule has 114 valence electrons. The molecule has 22 heavy (non-hydrogen) atoms. The minimum atomic E-state index is 0.417. The molecule has 0 fully saturated rings. The molecular formula is C15H18N6O. The van der Waals surface area contributed by atoms with Crippen molar-refractivity contribution in [1.29, 1.82) is 0 Å². The van der Waals surface area contributed by atoms with Crippen LogP contribution in [0.15, 0.2) is 36.7 Å². The van der Waals surface area contributed by atoms with E-state index in [1.165, 1.54) is 5.56 Å². The van der Waals surface area contributed by atoms with E-state index in [1.54, 1.807) is 14.2 Å². The quantitative estimate of drug-likeness (QED) is 0.577. The smallest absolute Gasteiger partial charge is 0.305 e. The number of imidazole rings is 1. The van der Waals surface area contributed by atoms with Gasteiger partial charge in [-0.2, -0.15) is 0 Å². The van der Waals surface area contributed by atoms with Gasteiger partial charge in [0.15, 0.2) is 12.3 Å². The highest BCUT2D eigenvalue weighted by Crippen LogP contribution is 2.23. The molecule has 3 rings (SSSR count). The van der Waals surface area contributed by atoms with E-state index in [0.717, 1.165) is 17.7 Å². The van der Waals surface area contributed by atoms with Crippen LogP contribution < -0.4 is 10.0 Å². The summed E-state index contributed by atoms with van der Waals surface area (Å²) in [7, 11) is 5.17. The van der Waals surface area contributed by atoms with E-state index in [-0.39, 0.29) is 0 Å². The molecule has 7 heteroatoms. The lowest BCUT2D eigenvalue weighted by Crippen LogP contribution is -2.26. The Bertz CT molecular complexity index is 784. The third kappa shape index (κ3) is 2.58. The maximum Gasteiger partial charge on any atom is 0.305 e. The molecule has 0 aliphatic rings. The van der Waals surface area contributed by atoms with Gasteiger partial charge in [0.1, 0.15) is 5.82 Å². The van der Waals surface area contributed by atoms with Crippen LogP contribution in [0, 0.1) is 0 Å². The van der Waals surface area contributed by atoms with Gasteiger partial charge in [-0.05, 0) is 12.6 Å². The molecule has 1 N–H and O–H groups in total. The van der Waals surface area contributed by atoms with Gasteiger partial charge in [0, 0.05) is 0 Å². The van der Waals surface area contributed by atoms with Crippen LogP contribution in [-0.4, -0.2) is 28.7 Å². The second-order valence-corrected chi connectivity index (χ2v) is 4.91. The van der Waals surface area contributed by atoms with Gasteiger partial charge in [-0.1, -0.05) is 35.3 Å². The fraction of sp³-hybridized carbons (Fsp3) is 0.267. The molecule has 0 atom stereocenters. The van der Waals surface area contributed by atoms with Crippen molar-refractivity contribution in [3.63, 3.8) is 0 Å². The van der Waals surface area contributed by atoms with E-state index in [2.05, 4.69) is 37.5 Å². The van der Waals surface area contributed by atoms with E-state index >= 15 is 0 Å². The van der Waals surface area contributed by atoms with Crippen LogP contribution in [0.3, 0.4) is 0 Å². The standard InChI is InChI=1S/C15H18N6O/c1-16-15-17-13(19-22-3)12-14(18-15)20(2)10-21(12)9-11-7-5-4-6-8-11/h4-8,10H,9H2,1-3H3,(H-,16,17,18,19). The Hall–Kier alpha value is -2.67. The largest absolute Gasteiger partial charge is 0.367 e. The number of hydrogen-bond acceptors (Lipinski definition) is 4. The van der Waals surface area contributed by atoms with Gasteiger partial charge >= 0.3 is 5.65 Å². The number of aromatic nitrogens is 4. The highest BCUT2D eigenvalue weighted by molar-refractivity contribution is 5.82. The molecule has 0 aliphatic heterocycles. The monoisotopic (exact) mass is 298 g/mol. The molecule has 2 aromatic heterocycles. The molecule has 0 amide bonds. The van der Waals surface area contributed by atoms with Crippen LogP contribution in [0.4, 0.5) is 11.8 Å². The van der Waals surface area contributed by atoms with Crippen molar-refractivity contribution in [3.05, 3.63) is 47.5 Å². The van der Waals surface area contributed by atoms with Crippen molar-refractivity contribution in [2.24, 2.45) is 7.05 Å². The van der Waals surface area contributed by atoms with Crippen molar-refractivity contribution < 1.29 is 9.40 Å².